The van der Waals surface area contributed by atoms with Crippen LogP contribution in [0.5, 0.6) is 11.5 Å². The van der Waals surface area contributed by atoms with Gasteiger partial charge in [-0.05, 0) is 60.4 Å². The highest BCUT2D eigenvalue weighted by Crippen LogP contribution is 2.41. The van der Waals surface area contributed by atoms with Gasteiger partial charge in [0.05, 0.1) is 36.6 Å². The minimum atomic E-state index is -3.49. The van der Waals surface area contributed by atoms with Crippen LogP contribution in [0.1, 0.15) is 42.9 Å². The molecule has 0 amide bonds. The Morgan fingerprint density at radius 2 is 1.57 bits per heavy atom. The van der Waals surface area contributed by atoms with Crippen LogP contribution in [0.4, 0.5) is 5.13 Å². The van der Waals surface area contributed by atoms with Crippen molar-refractivity contribution in [2.45, 2.75) is 36.6 Å². The van der Waals surface area contributed by atoms with E-state index in [0.29, 0.717) is 40.9 Å². The number of nitrogens with zero attached hydrogens (tertiary/aromatic N) is 4. The van der Waals surface area contributed by atoms with Gasteiger partial charge in [-0.25, -0.2) is 18.4 Å². The summed E-state index contributed by atoms with van der Waals surface area (Å²) in [4.78, 5) is 5.25. The molecular weight excluding hydrogens is 592 g/mol. The summed E-state index contributed by atoms with van der Waals surface area (Å²) in [6, 6.07) is 20.5. The first kappa shape index (κ1) is 28.7. The van der Waals surface area contributed by atoms with E-state index in [4.69, 9.17) is 31.2 Å². The Morgan fingerprint density at radius 1 is 0.881 bits per heavy atom. The summed E-state index contributed by atoms with van der Waals surface area (Å²) in [6.07, 6.45) is 3.55. The molecule has 2 aliphatic rings. The molecule has 6 rings (SSSR count). The summed E-state index contributed by atoms with van der Waals surface area (Å²) < 4.78 is 38.8. The molecule has 1 atom stereocenters. The monoisotopic (exact) mass is 622 g/mol. The predicted molar refractivity (Wildman–Crippen MR) is 168 cm³/mol. The standard InChI is InChI=1S/C31H31ClN4O4S2/c1-39-29-15-10-23(18-30(29)40-2)28-19-26(21-6-11-24(32)12-7-21)34-36(28)31-33-27(20-41-31)22-8-13-25(14-9-22)42(37,38)35-16-4-3-5-17-35/h6-15,18,20,28H,3-5,16-17,19H2,1-2H3/t28-/m1/s1. The molecule has 0 spiro atoms. The van der Waals surface area contributed by atoms with E-state index < -0.39 is 10.0 Å². The van der Waals surface area contributed by atoms with E-state index in [1.807, 2.05) is 65.0 Å². The van der Waals surface area contributed by atoms with Gasteiger partial charge in [0.15, 0.2) is 11.5 Å². The minimum Gasteiger partial charge on any atom is -0.493 e. The second-order valence-electron chi connectivity index (χ2n) is 10.2. The quantitative estimate of drug-likeness (QED) is 0.210. The molecule has 42 heavy (non-hydrogen) atoms. The average molecular weight is 623 g/mol. The number of anilines is 1. The largest absolute Gasteiger partial charge is 0.493 e. The molecule has 0 radical (unpaired) electrons. The lowest BCUT2D eigenvalue weighted by Gasteiger charge is -2.25. The fourth-order valence-electron chi connectivity index (χ4n) is 5.38. The molecule has 0 saturated carbocycles. The van der Waals surface area contributed by atoms with Crippen LogP contribution in [0, 0.1) is 0 Å². The zero-order valence-corrected chi connectivity index (χ0v) is 25.8. The number of aromatic nitrogens is 1. The van der Waals surface area contributed by atoms with E-state index in [0.717, 1.165) is 52.5 Å². The number of benzene rings is 3. The van der Waals surface area contributed by atoms with Crippen LogP contribution in [0.3, 0.4) is 0 Å². The van der Waals surface area contributed by atoms with Crippen LogP contribution in [0.2, 0.25) is 5.02 Å². The first-order valence-corrected chi connectivity index (χ1v) is 16.5. The molecule has 11 heteroatoms. The second kappa shape index (κ2) is 12.0. The number of hydrogen-bond donors (Lipinski definition) is 0. The zero-order chi connectivity index (χ0) is 29.3. The van der Waals surface area contributed by atoms with Crippen LogP contribution >= 0.6 is 22.9 Å². The number of thiazole rings is 1. The molecular formula is C31H31ClN4O4S2. The Kier molecular flexibility index (Phi) is 8.22. The lowest BCUT2D eigenvalue weighted by molar-refractivity contribution is 0.346. The van der Waals surface area contributed by atoms with Crippen molar-refractivity contribution >= 4 is 43.8 Å². The second-order valence-corrected chi connectivity index (χ2v) is 13.4. The van der Waals surface area contributed by atoms with Crippen LogP contribution in [0.15, 0.2) is 82.1 Å². The van der Waals surface area contributed by atoms with E-state index >= 15 is 0 Å². The maximum atomic E-state index is 13.1. The number of rotatable bonds is 8. The topological polar surface area (TPSA) is 84.3 Å². The molecule has 3 aromatic carbocycles. The third kappa shape index (κ3) is 5.64. The van der Waals surface area contributed by atoms with E-state index in [1.165, 1.54) is 11.3 Å². The van der Waals surface area contributed by atoms with Gasteiger partial charge in [0.2, 0.25) is 15.2 Å². The van der Waals surface area contributed by atoms with Gasteiger partial charge in [-0.1, -0.05) is 48.4 Å². The fraction of sp³-hybridized carbons (Fsp3) is 0.290. The van der Waals surface area contributed by atoms with Gasteiger partial charge in [-0.15, -0.1) is 11.3 Å². The lowest BCUT2D eigenvalue weighted by Crippen LogP contribution is -2.35. The van der Waals surface area contributed by atoms with Crippen LogP contribution in [-0.4, -0.2) is 50.7 Å². The molecule has 4 aromatic rings. The average Bonchev–Trinajstić information content (AvgIpc) is 3.70. The number of methoxy groups -OCH3 is 2. The summed E-state index contributed by atoms with van der Waals surface area (Å²) >= 11 is 7.64. The van der Waals surface area contributed by atoms with Gasteiger partial charge in [-0.3, -0.25) is 0 Å². The normalized spacial score (nSPS) is 17.7. The molecule has 0 unspecified atom stereocenters. The Hall–Kier alpha value is -3.44. The summed E-state index contributed by atoms with van der Waals surface area (Å²) in [5, 5.41) is 10.4. The van der Waals surface area contributed by atoms with Crippen LogP contribution < -0.4 is 14.5 Å². The Morgan fingerprint density at radius 3 is 2.26 bits per heavy atom. The number of halogens is 1. The number of piperidine rings is 1. The number of sulfonamides is 1. The maximum absolute atomic E-state index is 13.1. The van der Waals surface area contributed by atoms with Crippen molar-refractivity contribution in [1.82, 2.24) is 9.29 Å². The van der Waals surface area contributed by atoms with Gasteiger partial charge in [0, 0.05) is 35.5 Å². The van der Waals surface area contributed by atoms with Crippen molar-refractivity contribution in [3.05, 3.63) is 88.3 Å². The summed E-state index contributed by atoms with van der Waals surface area (Å²) in [6.45, 7) is 1.16. The molecule has 0 aliphatic carbocycles. The molecule has 1 aromatic heterocycles. The van der Waals surface area contributed by atoms with Crippen molar-refractivity contribution in [2.75, 3.05) is 32.3 Å². The molecule has 8 nitrogen and oxygen atoms in total. The fourth-order valence-corrected chi connectivity index (χ4v) is 7.85. The summed E-state index contributed by atoms with van der Waals surface area (Å²) in [5.41, 5.74) is 4.55. The highest BCUT2D eigenvalue weighted by molar-refractivity contribution is 7.89. The van der Waals surface area contributed by atoms with Crippen molar-refractivity contribution in [1.29, 1.82) is 0 Å². The lowest BCUT2D eigenvalue weighted by atomic mass is 9.98. The van der Waals surface area contributed by atoms with Crippen molar-refractivity contribution in [3.8, 4) is 22.8 Å². The Labute approximate surface area is 255 Å². The van der Waals surface area contributed by atoms with E-state index in [1.54, 1.807) is 30.7 Å². The van der Waals surface area contributed by atoms with E-state index in [2.05, 4.69) is 0 Å². The molecule has 1 saturated heterocycles. The highest BCUT2D eigenvalue weighted by atomic mass is 35.5. The first-order valence-electron chi connectivity index (χ1n) is 13.8. The number of ether oxygens (including phenoxy) is 2. The van der Waals surface area contributed by atoms with Gasteiger partial charge in [0.1, 0.15) is 0 Å². The van der Waals surface area contributed by atoms with Gasteiger partial charge < -0.3 is 9.47 Å². The van der Waals surface area contributed by atoms with Crippen molar-refractivity contribution in [3.63, 3.8) is 0 Å². The van der Waals surface area contributed by atoms with Crippen LogP contribution in [-0.2, 0) is 10.0 Å². The third-order valence-corrected chi connectivity index (χ3v) is 10.7. The van der Waals surface area contributed by atoms with E-state index in [-0.39, 0.29) is 6.04 Å². The first-order chi connectivity index (χ1) is 20.4. The summed E-state index contributed by atoms with van der Waals surface area (Å²) in [7, 11) is -0.247. The van der Waals surface area contributed by atoms with Gasteiger partial charge in [-0.2, -0.15) is 9.41 Å². The SMILES string of the molecule is COc1ccc([C@H]2CC(c3ccc(Cl)cc3)=NN2c2nc(-c3ccc(S(=O)(=O)N4CCCCC4)cc3)cs2)cc1OC. The third-order valence-electron chi connectivity index (χ3n) is 7.67. The molecule has 3 heterocycles. The highest BCUT2D eigenvalue weighted by Gasteiger charge is 2.33. The van der Waals surface area contributed by atoms with Gasteiger partial charge in [0.25, 0.3) is 0 Å². The number of hydrazone groups is 1. The molecule has 0 N–H and O–H groups in total. The van der Waals surface area contributed by atoms with E-state index in [9.17, 15) is 8.42 Å². The Bertz CT molecular complexity index is 1700. The molecule has 2 aliphatic heterocycles. The van der Waals surface area contributed by atoms with Crippen LogP contribution in [0.25, 0.3) is 11.3 Å². The molecule has 218 valence electrons. The maximum Gasteiger partial charge on any atom is 0.243 e. The zero-order valence-electron chi connectivity index (χ0n) is 23.4. The summed E-state index contributed by atoms with van der Waals surface area (Å²) in [5.74, 6) is 1.31. The number of hydrogen-bond acceptors (Lipinski definition) is 8. The molecule has 1 fully saturated rings. The Balaban J connectivity index is 1.31. The van der Waals surface area contributed by atoms with Crippen molar-refractivity contribution in [2.24, 2.45) is 5.10 Å². The van der Waals surface area contributed by atoms with Crippen molar-refractivity contribution < 1.29 is 17.9 Å². The predicted octanol–water partition coefficient (Wildman–Crippen LogP) is 7.01. The molecule has 0 bridgehead atoms. The smallest absolute Gasteiger partial charge is 0.243 e. The van der Waals surface area contributed by atoms with Gasteiger partial charge >= 0.3 is 0 Å². The minimum absolute atomic E-state index is 0.119.